The Morgan fingerprint density at radius 2 is 1.86 bits per heavy atom. The van der Waals surface area contributed by atoms with Crippen LogP contribution in [0, 0.1) is 0 Å². The van der Waals surface area contributed by atoms with Crippen molar-refractivity contribution in [1.82, 2.24) is 19.4 Å². The van der Waals surface area contributed by atoms with E-state index in [9.17, 15) is 9.59 Å². The van der Waals surface area contributed by atoms with E-state index in [1.165, 1.54) is 0 Å². The van der Waals surface area contributed by atoms with E-state index in [0.29, 0.717) is 29.9 Å². The molecule has 0 spiro atoms. The van der Waals surface area contributed by atoms with Crippen LogP contribution in [0.2, 0.25) is 0 Å². The Hall–Kier alpha value is -3.06. The molecule has 1 aliphatic rings. The van der Waals surface area contributed by atoms with Gasteiger partial charge >= 0.3 is 0 Å². The number of hydrogen-bond donors (Lipinski definition) is 1. The van der Waals surface area contributed by atoms with Crippen molar-refractivity contribution in [3.05, 3.63) is 52.6 Å². The van der Waals surface area contributed by atoms with Crippen molar-refractivity contribution in [1.29, 1.82) is 0 Å². The second kappa shape index (κ2) is 7.16. The van der Waals surface area contributed by atoms with Gasteiger partial charge < -0.3 is 24.1 Å². The van der Waals surface area contributed by atoms with Crippen LogP contribution in [0.3, 0.4) is 0 Å². The first-order valence-electron chi connectivity index (χ1n) is 9.32. The summed E-state index contributed by atoms with van der Waals surface area (Å²) in [6.07, 6.45) is 3.58. The molecule has 0 saturated carbocycles. The first-order valence-corrected chi connectivity index (χ1v) is 9.32. The second-order valence-corrected chi connectivity index (χ2v) is 7.24. The van der Waals surface area contributed by atoms with Gasteiger partial charge in [0.2, 0.25) is 0 Å². The number of aryl methyl sites for hydroxylation is 1. The number of likely N-dealkylation sites (N-methyl/N-ethyl adjacent to an activating group) is 1. The van der Waals surface area contributed by atoms with E-state index in [2.05, 4.69) is 16.9 Å². The molecule has 0 bridgehead atoms. The molecule has 7 heteroatoms. The fraction of sp³-hybridized carbons (Fsp3) is 0.333. The maximum atomic E-state index is 13.0. The predicted octanol–water partition coefficient (Wildman–Crippen LogP) is 1.93. The van der Waals surface area contributed by atoms with E-state index in [-0.39, 0.29) is 11.5 Å². The van der Waals surface area contributed by atoms with Crippen LogP contribution in [0.4, 0.5) is 0 Å². The summed E-state index contributed by atoms with van der Waals surface area (Å²) in [6.45, 7) is 3.17. The van der Waals surface area contributed by atoms with Gasteiger partial charge in [0.05, 0.1) is 12.7 Å². The summed E-state index contributed by atoms with van der Waals surface area (Å²) in [5.41, 5.74) is 2.86. The molecule has 2 aromatic heterocycles. The smallest absolute Gasteiger partial charge is 0.274 e. The Morgan fingerprint density at radius 1 is 1.11 bits per heavy atom. The van der Waals surface area contributed by atoms with Gasteiger partial charge in [0.25, 0.3) is 11.5 Å². The summed E-state index contributed by atoms with van der Waals surface area (Å²) in [4.78, 5) is 32.4. The number of aromatic nitrogens is 2. The lowest BCUT2D eigenvalue weighted by Crippen LogP contribution is -2.47. The highest BCUT2D eigenvalue weighted by atomic mass is 16.5. The molecule has 28 heavy (non-hydrogen) atoms. The molecule has 1 fully saturated rings. The van der Waals surface area contributed by atoms with Crippen molar-refractivity contribution < 1.29 is 9.53 Å². The maximum Gasteiger partial charge on any atom is 0.274 e. The third-order valence-electron chi connectivity index (χ3n) is 5.43. The Bertz CT molecular complexity index is 1090. The number of rotatable bonds is 3. The number of methoxy groups -OCH3 is 1. The second-order valence-electron chi connectivity index (χ2n) is 7.24. The summed E-state index contributed by atoms with van der Waals surface area (Å²) >= 11 is 0. The zero-order valence-electron chi connectivity index (χ0n) is 16.4. The van der Waals surface area contributed by atoms with E-state index in [1.807, 2.05) is 35.4 Å². The van der Waals surface area contributed by atoms with Crippen molar-refractivity contribution in [3.8, 4) is 16.9 Å². The summed E-state index contributed by atoms with van der Waals surface area (Å²) in [6, 6.07) is 7.49. The van der Waals surface area contributed by atoms with Crippen molar-refractivity contribution >= 4 is 16.8 Å². The van der Waals surface area contributed by atoms with Gasteiger partial charge in [-0.25, -0.2) is 0 Å². The number of nitrogens with one attached hydrogen (secondary N) is 1. The Labute approximate surface area is 163 Å². The average molecular weight is 380 g/mol. The Balaban J connectivity index is 1.74. The molecule has 1 N–H and O–H groups in total. The van der Waals surface area contributed by atoms with Gasteiger partial charge in [-0.05, 0) is 30.8 Å². The molecular weight excluding hydrogens is 356 g/mol. The average Bonchev–Trinajstić information content (AvgIpc) is 3.20. The molecule has 0 atom stereocenters. The minimum absolute atomic E-state index is 0.0104. The molecule has 146 valence electrons. The summed E-state index contributed by atoms with van der Waals surface area (Å²) in [7, 11) is 5.37. The third kappa shape index (κ3) is 3.07. The molecule has 7 nitrogen and oxygen atoms in total. The van der Waals surface area contributed by atoms with Crippen LogP contribution in [0.15, 0.2) is 41.5 Å². The highest BCUT2D eigenvalue weighted by molar-refractivity contribution is 5.99. The zero-order chi connectivity index (χ0) is 19.8. The lowest BCUT2D eigenvalue weighted by molar-refractivity contribution is 0.0661. The van der Waals surface area contributed by atoms with Gasteiger partial charge in [0, 0.05) is 56.6 Å². The number of hydrogen-bond acceptors (Lipinski definition) is 4. The van der Waals surface area contributed by atoms with Crippen LogP contribution < -0.4 is 10.3 Å². The highest BCUT2D eigenvalue weighted by Gasteiger charge is 2.23. The summed E-state index contributed by atoms with van der Waals surface area (Å²) in [5.74, 6) is 0.530. The number of amides is 1. The van der Waals surface area contributed by atoms with Crippen LogP contribution >= 0.6 is 0 Å². The predicted molar refractivity (Wildman–Crippen MR) is 109 cm³/mol. The third-order valence-corrected chi connectivity index (χ3v) is 5.43. The van der Waals surface area contributed by atoms with E-state index in [0.717, 1.165) is 29.6 Å². The van der Waals surface area contributed by atoms with Gasteiger partial charge in [-0.3, -0.25) is 9.59 Å². The van der Waals surface area contributed by atoms with Gasteiger partial charge in [-0.2, -0.15) is 0 Å². The summed E-state index contributed by atoms with van der Waals surface area (Å²) in [5, 5.41) is 0.850. The maximum absolute atomic E-state index is 13.0. The number of aromatic amines is 1. The lowest BCUT2D eigenvalue weighted by atomic mass is 10.0. The van der Waals surface area contributed by atoms with Gasteiger partial charge in [0.1, 0.15) is 11.3 Å². The minimum atomic E-state index is -0.0717. The van der Waals surface area contributed by atoms with Gasteiger partial charge in [-0.1, -0.05) is 6.07 Å². The standard InChI is InChI=1S/C21H24N4O3/c1-23-8-10-25(11-9-23)20(26)16-5-4-14(12-18(16)28-3)17-13-24(2)21(27)19-15(17)6-7-22-19/h4-7,12-13,22H,8-11H2,1-3H3. The molecule has 0 unspecified atom stereocenters. The number of pyridine rings is 1. The van der Waals surface area contributed by atoms with E-state index < -0.39 is 0 Å². The fourth-order valence-corrected chi connectivity index (χ4v) is 3.71. The van der Waals surface area contributed by atoms with Crippen LogP contribution in [0.1, 0.15) is 10.4 Å². The number of carbonyl (C=O) groups is 1. The summed E-state index contributed by atoms with van der Waals surface area (Å²) < 4.78 is 7.11. The molecule has 0 aliphatic carbocycles. The first kappa shape index (κ1) is 18.3. The SMILES string of the molecule is COc1cc(-c2cn(C)c(=O)c3[nH]ccc23)ccc1C(=O)N1CCN(C)CC1. The molecule has 1 aromatic carbocycles. The number of H-pyrrole nitrogens is 1. The van der Waals surface area contributed by atoms with Crippen molar-refractivity contribution in [2.75, 3.05) is 40.3 Å². The fourth-order valence-electron chi connectivity index (χ4n) is 3.71. The molecule has 0 radical (unpaired) electrons. The molecule has 1 saturated heterocycles. The molecule has 4 rings (SSSR count). The topological polar surface area (TPSA) is 70.6 Å². The lowest BCUT2D eigenvalue weighted by Gasteiger charge is -2.32. The zero-order valence-corrected chi connectivity index (χ0v) is 16.4. The van der Waals surface area contributed by atoms with Crippen molar-refractivity contribution in [2.45, 2.75) is 0 Å². The highest BCUT2D eigenvalue weighted by Crippen LogP contribution is 2.31. The normalized spacial score (nSPS) is 15.2. The molecule has 3 aromatic rings. The van der Waals surface area contributed by atoms with Crippen LogP contribution in [0.5, 0.6) is 5.75 Å². The van der Waals surface area contributed by atoms with E-state index in [4.69, 9.17) is 4.74 Å². The monoisotopic (exact) mass is 380 g/mol. The van der Waals surface area contributed by atoms with Crippen molar-refractivity contribution in [3.63, 3.8) is 0 Å². The number of nitrogens with zero attached hydrogens (tertiary/aromatic N) is 3. The number of fused-ring (bicyclic) bond motifs is 1. The first-order chi connectivity index (χ1) is 13.5. The molecule has 3 heterocycles. The van der Waals surface area contributed by atoms with Gasteiger partial charge in [-0.15, -0.1) is 0 Å². The van der Waals surface area contributed by atoms with Gasteiger partial charge in [0.15, 0.2) is 0 Å². The van der Waals surface area contributed by atoms with Crippen LogP contribution in [0.25, 0.3) is 22.0 Å². The molecule has 1 amide bonds. The molecular formula is C21H24N4O3. The van der Waals surface area contributed by atoms with Crippen LogP contribution in [-0.2, 0) is 7.05 Å². The number of ether oxygens (including phenoxy) is 1. The Morgan fingerprint density at radius 3 is 2.57 bits per heavy atom. The largest absolute Gasteiger partial charge is 0.496 e. The quantitative estimate of drug-likeness (QED) is 0.754. The van der Waals surface area contributed by atoms with E-state index in [1.54, 1.807) is 24.9 Å². The Kier molecular flexibility index (Phi) is 4.68. The van der Waals surface area contributed by atoms with Crippen molar-refractivity contribution in [2.24, 2.45) is 7.05 Å². The molecule has 1 aliphatic heterocycles. The van der Waals surface area contributed by atoms with E-state index >= 15 is 0 Å². The number of piperazine rings is 1. The minimum Gasteiger partial charge on any atom is -0.496 e. The van der Waals surface area contributed by atoms with Crippen LogP contribution in [-0.4, -0.2) is 65.6 Å². The number of benzene rings is 1. The number of carbonyl (C=O) groups excluding carboxylic acids is 1.